The van der Waals surface area contributed by atoms with E-state index in [4.69, 9.17) is 89.4 Å². The molecule has 5 fully saturated rings. The summed E-state index contributed by atoms with van der Waals surface area (Å²) in [6.45, 7) is 0.760. The van der Waals surface area contributed by atoms with Crippen molar-refractivity contribution in [2.75, 3.05) is 26.4 Å². The molecule has 1 amide bonds. The van der Waals surface area contributed by atoms with Crippen molar-refractivity contribution in [2.24, 2.45) is 0 Å². The van der Waals surface area contributed by atoms with E-state index in [0.29, 0.717) is 11.1 Å². The van der Waals surface area contributed by atoms with Crippen LogP contribution in [-0.4, -0.2) is 224 Å². The van der Waals surface area contributed by atoms with Crippen LogP contribution in [0.15, 0.2) is 273 Å². The summed E-state index contributed by atoms with van der Waals surface area (Å²) in [5.41, 5.74) is 6.82. The van der Waals surface area contributed by atoms with Crippen molar-refractivity contribution in [3.8, 4) is 0 Å². The Morgan fingerprint density at radius 2 is 0.616 bits per heavy atom. The van der Waals surface area contributed by atoms with E-state index in [1.54, 1.807) is 6.92 Å². The molecule has 5 heterocycles. The van der Waals surface area contributed by atoms with Crippen LogP contribution in [0.2, 0.25) is 0 Å². The van der Waals surface area contributed by atoms with Crippen LogP contribution in [0.3, 0.4) is 0 Å². The molecule has 14 rings (SSSR count). The van der Waals surface area contributed by atoms with Crippen LogP contribution in [0.25, 0.3) is 0 Å². The smallest absolute Gasteiger partial charge is 0.394 e. The van der Waals surface area contributed by atoms with Crippen molar-refractivity contribution >= 4 is 16.3 Å². The number of rotatable bonds is 42. The number of nitrogens with one attached hydrogen (secondary N) is 1. The second kappa shape index (κ2) is 46.4. The fourth-order valence-electron chi connectivity index (χ4n) is 15.8. The van der Waals surface area contributed by atoms with Gasteiger partial charge in [-0.1, -0.05) is 273 Å². The molecule has 0 spiro atoms. The Kier molecular flexibility index (Phi) is 34.4. The largest absolute Gasteiger partial charge is 0.397 e. The average Bonchev–Trinajstić information content (AvgIpc) is 0.749. The summed E-state index contributed by atoms with van der Waals surface area (Å²) in [4.78, 5) is 14.8. The van der Waals surface area contributed by atoms with Gasteiger partial charge in [0.25, 0.3) is 0 Å². The number of aliphatic hydroxyl groups excluding tert-OH is 5. The van der Waals surface area contributed by atoms with E-state index in [2.05, 4.69) is 5.32 Å². The minimum Gasteiger partial charge on any atom is -0.394 e. The Balaban J connectivity index is 0.913. The number of benzene rings is 9. The van der Waals surface area contributed by atoms with Crippen LogP contribution in [0.5, 0.6) is 0 Å². The highest BCUT2D eigenvalue weighted by molar-refractivity contribution is 7.80. The normalized spacial score (nSPS) is 30.2. The number of amides is 1. The SMILES string of the molecule is CC(=O)N[C@H]1[C@H](O[C@H]2[C@@H](O)[C@@H](COCc3ccccc3)O[C@@H](O[C@H]3[C@H](OCc4ccccc4)[C@@H](OCc4ccccc4)[C@H](O)O[C@@H]3COCc3ccccc3)[C@@H]2OCc2ccccc2)O[C@H](COCc2ccccc2)[C@@H](O[C@@H]2O[C@H](CO)[C@H](O)[C@@H](OS(=O)(=O)O)[C@H]2O)[C@@H]1O[C@@H]1O[C@@H](C)[C@@H](OCc2ccccc2)[C@@H](OCc2ccccc2)[C@@H]1OCc1ccccc1. The van der Waals surface area contributed by atoms with Crippen molar-refractivity contribution in [1.29, 1.82) is 0 Å². The predicted molar refractivity (Wildman–Crippen MR) is 448 cm³/mol. The van der Waals surface area contributed by atoms with Crippen molar-refractivity contribution in [3.63, 3.8) is 0 Å². The van der Waals surface area contributed by atoms with Gasteiger partial charge in [-0.2, -0.15) is 8.42 Å². The molecule has 30 heteroatoms. The second-order valence-corrected chi connectivity index (χ2v) is 32.3. The third kappa shape index (κ3) is 26.1. The molecule has 125 heavy (non-hydrogen) atoms. The van der Waals surface area contributed by atoms with Gasteiger partial charge in [0.15, 0.2) is 31.5 Å². The molecule has 0 aliphatic carbocycles. The first-order chi connectivity index (χ1) is 60.9. The van der Waals surface area contributed by atoms with Crippen LogP contribution in [0, 0.1) is 0 Å². The van der Waals surface area contributed by atoms with Gasteiger partial charge in [0, 0.05) is 6.92 Å². The van der Waals surface area contributed by atoms with Crippen LogP contribution in [-0.2, 0) is 164 Å². The summed E-state index contributed by atoms with van der Waals surface area (Å²) in [6, 6.07) is 82.3. The molecule has 5 aliphatic rings. The lowest BCUT2D eigenvalue weighted by Crippen LogP contribution is -2.71. The first kappa shape index (κ1) is 92.6. The number of aliphatic hydroxyl groups is 5. The average molecular weight is 1740 g/mol. The van der Waals surface area contributed by atoms with E-state index < -0.39 is 183 Å². The van der Waals surface area contributed by atoms with Gasteiger partial charge in [-0.15, -0.1) is 0 Å². The molecular formula is C95H109NO28S. The van der Waals surface area contributed by atoms with Crippen molar-refractivity contribution in [2.45, 2.75) is 227 Å². The first-order valence-corrected chi connectivity index (χ1v) is 43.3. The van der Waals surface area contributed by atoms with Gasteiger partial charge in [0.1, 0.15) is 116 Å². The van der Waals surface area contributed by atoms with E-state index in [1.807, 2.05) is 273 Å². The number of ether oxygens (including phenoxy) is 18. The first-order valence-electron chi connectivity index (χ1n) is 41.9. The third-order valence-electron chi connectivity index (χ3n) is 22.1. The van der Waals surface area contributed by atoms with E-state index in [-0.39, 0.29) is 72.7 Å². The number of carbonyl (C=O) groups is 1. The van der Waals surface area contributed by atoms with E-state index >= 15 is 0 Å². The van der Waals surface area contributed by atoms with Crippen molar-refractivity contribution < 1.29 is 133 Å². The molecule has 25 atom stereocenters. The Morgan fingerprint density at radius 3 is 1.02 bits per heavy atom. The van der Waals surface area contributed by atoms with Gasteiger partial charge in [0.2, 0.25) is 5.91 Å². The highest BCUT2D eigenvalue weighted by atomic mass is 32.3. The van der Waals surface area contributed by atoms with Gasteiger partial charge in [-0.25, -0.2) is 4.18 Å². The van der Waals surface area contributed by atoms with Gasteiger partial charge < -0.3 is 116 Å². The highest BCUT2D eigenvalue weighted by Crippen LogP contribution is 2.41. The molecule has 7 N–H and O–H groups in total. The molecule has 5 saturated heterocycles. The summed E-state index contributed by atoms with van der Waals surface area (Å²) < 4.78 is 166. The Hall–Kier alpha value is -8.60. The molecule has 0 unspecified atom stereocenters. The minimum absolute atomic E-state index is 0.0143. The van der Waals surface area contributed by atoms with E-state index in [1.165, 1.54) is 6.92 Å². The van der Waals surface area contributed by atoms with Crippen molar-refractivity contribution in [1.82, 2.24) is 5.32 Å². The maximum atomic E-state index is 14.8. The summed E-state index contributed by atoms with van der Waals surface area (Å²) in [5, 5.41) is 64.1. The maximum absolute atomic E-state index is 14.8. The molecule has 0 radical (unpaired) electrons. The van der Waals surface area contributed by atoms with Gasteiger partial charge >= 0.3 is 10.4 Å². The number of carbonyl (C=O) groups excluding carboxylic acids is 1. The molecule has 9 aromatic rings. The van der Waals surface area contributed by atoms with E-state index in [0.717, 1.165) is 38.9 Å². The zero-order valence-corrected chi connectivity index (χ0v) is 70.0. The van der Waals surface area contributed by atoms with Crippen LogP contribution < -0.4 is 5.32 Å². The zero-order chi connectivity index (χ0) is 86.9. The molecule has 0 bridgehead atoms. The molecular weight excluding hydrogens is 1640 g/mol. The maximum Gasteiger partial charge on any atom is 0.397 e. The van der Waals surface area contributed by atoms with Crippen LogP contribution in [0.1, 0.15) is 63.9 Å². The van der Waals surface area contributed by atoms with Crippen molar-refractivity contribution in [3.05, 3.63) is 323 Å². The van der Waals surface area contributed by atoms with Gasteiger partial charge in [0.05, 0.1) is 92.0 Å². The lowest BCUT2D eigenvalue weighted by Gasteiger charge is -2.53. The van der Waals surface area contributed by atoms with E-state index in [9.17, 15) is 43.3 Å². The van der Waals surface area contributed by atoms with Crippen LogP contribution >= 0.6 is 0 Å². The monoisotopic (exact) mass is 1740 g/mol. The Bertz CT molecular complexity index is 4720. The summed E-state index contributed by atoms with van der Waals surface area (Å²) in [6.07, 6.45) is -38.6. The highest BCUT2D eigenvalue weighted by Gasteiger charge is 2.60. The van der Waals surface area contributed by atoms with Gasteiger partial charge in [-0.3, -0.25) is 9.35 Å². The summed E-state index contributed by atoms with van der Waals surface area (Å²) in [7, 11) is -5.49. The summed E-state index contributed by atoms with van der Waals surface area (Å²) >= 11 is 0. The standard InChI is InChI=1S/C95H109NO28S/c1-61-80(109-52-66-36-18-6-19-37-66)86(110-53-67-38-20-7-21-39-67)90(114-57-71-46-28-11-29-47-71)94(115-61)122-83-76(96-62(2)98)92(119-75(60-108-51-65-34-16-5-17-35-65)81(83)120-93-79(101)84(124-125(103,104)105)77(99)72(48-97)117-93)123-85-78(100)73(58-106-49-63-30-12-3-13-31-63)118-95(89(85)113-56-70-44-26-10-27-45-70)121-82-74(59-107-50-64-32-14-4-15-33-64)116-91(102)88(112-55-69-42-24-9-25-43-69)87(82)111-54-68-40-22-8-23-41-68/h3-47,61,72-95,97,99-102H,48-60H2,1-2H3,(H,96,98)(H,103,104,105)/t61-,72+,73+,74+,75+,76+,77-,78-,79+,80+,81+,82+,83+,84+,85-,86+,87-,88+,89+,90-,91+,92-,93-,94-,95-/m0/s1. The Labute approximate surface area is 726 Å². The lowest BCUT2D eigenvalue weighted by atomic mass is 9.93. The molecule has 668 valence electrons. The molecule has 5 aliphatic heterocycles. The third-order valence-corrected chi connectivity index (χ3v) is 22.5. The number of hydrogen-bond acceptors (Lipinski definition) is 27. The summed E-state index contributed by atoms with van der Waals surface area (Å²) in [5.74, 6) is -0.728. The van der Waals surface area contributed by atoms with Crippen LogP contribution in [0.4, 0.5) is 0 Å². The number of hydrogen-bond donors (Lipinski definition) is 7. The zero-order valence-electron chi connectivity index (χ0n) is 69.2. The molecule has 9 aromatic carbocycles. The quantitative estimate of drug-likeness (QED) is 0.0175. The second-order valence-electron chi connectivity index (χ2n) is 31.2. The lowest BCUT2D eigenvalue weighted by molar-refractivity contribution is -0.398. The minimum atomic E-state index is -5.49. The fourth-order valence-corrected chi connectivity index (χ4v) is 16.3. The topological polar surface area (TPSA) is 360 Å². The Morgan fingerprint density at radius 1 is 0.320 bits per heavy atom. The predicted octanol–water partition coefficient (Wildman–Crippen LogP) is 9.09. The fraction of sp³-hybridized carbons (Fsp3) is 0.421. The molecule has 0 aromatic heterocycles. The molecule has 0 saturated carbocycles. The van der Waals surface area contributed by atoms with Gasteiger partial charge in [-0.05, 0) is 57.0 Å². The molecule has 29 nitrogen and oxygen atoms in total.